The van der Waals surface area contributed by atoms with Crippen molar-refractivity contribution in [3.63, 3.8) is 0 Å². The Morgan fingerprint density at radius 1 is 0.778 bits per heavy atom. The molecule has 0 aliphatic carbocycles. The number of ketones is 1. The summed E-state index contributed by atoms with van der Waals surface area (Å²) in [6.45, 7) is 0.436. The monoisotopic (exact) mass is 355 g/mol. The molecule has 0 bridgehead atoms. The number of nitrogens with one attached hydrogen (secondary N) is 1. The Bertz CT molecular complexity index is 931. The van der Waals surface area contributed by atoms with Crippen LogP contribution in [0.4, 0.5) is 0 Å². The smallest absolute Gasteiger partial charge is 0.291 e. The largest absolute Gasteiger partial charge is 0.349 e. The Kier molecular flexibility index (Phi) is 6.31. The van der Waals surface area contributed by atoms with Crippen molar-refractivity contribution < 1.29 is 9.59 Å². The molecule has 27 heavy (non-hydrogen) atoms. The van der Waals surface area contributed by atoms with E-state index in [9.17, 15) is 9.59 Å². The summed E-state index contributed by atoms with van der Waals surface area (Å²) in [6.07, 6.45) is 3.69. The van der Waals surface area contributed by atoms with Gasteiger partial charge in [-0.2, -0.15) is 0 Å². The SMILES string of the molecule is O=C(/C=C/c1cccc(-c2ccccc2)c1)C(=O)NCCc1ccccc1. The summed E-state index contributed by atoms with van der Waals surface area (Å²) in [5.41, 5.74) is 4.18. The molecule has 0 atom stereocenters. The van der Waals surface area contributed by atoms with Crippen LogP contribution in [0.15, 0.2) is 91.0 Å². The zero-order chi connectivity index (χ0) is 18.9. The number of hydrogen-bond acceptors (Lipinski definition) is 2. The van der Waals surface area contributed by atoms with E-state index in [1.54, 1.807) is 6.08 Å². The van der Waals surface area contributed by atoms with Crippen molar-refractivity contribution in [2.24, 2.45) is 0 Å². The number of benzene rings is 3. The summed E-state index contributed by atoms with van der Waals surface area (Å²) >= 11 is 0. The van der Waals surface area contributed by atoms with E-state index in [0.717, 1.165) is 22.3 Å². The molecule has 0 saturated carbocycles. The minimum absolute atomic E-state index is 0.436. The molecule has 0 radical (unpaired) electrons. The quantitative estimate of drug-likeness (QED) is 0.507. The molecular formula is C24H21NO2. The second-order valence-electron chi connectivity index (χ2n) is 6.18. The Balaban J connectivity index is 1.55. The summed E-state index contributed by atoms with van der Waals surface area (Å²) < 4.78 is 0. The van der Waals surface area contributed by atoms with Crippen LogP contribution in [0.25, 0.3) is 17.2 Å². The maximum absolute atomic E-state index is 12.0. The number of amides is 1. The first-order valence-corrected chi connectivity index (χ1v) is 8.92. The van der Waals surface area contributed by atoms with Crippen molar-refractivity contribution in [1.29, 1.82) is 0 Å². The molecular weight excluding hydrogens is 334 g/mol. The molecule has 0 heterocycles. The van der Waals surface area contributed by atoms with E-state index >= 15 is 0 Å². The topological polar surface area (TPSA) is 46.2 Å². The average Bonchev–Trinajstić information content (AvgIpc) is 2.73. The van der Waals surface area contributed by atoms with E-state index in [1.807, 2.05) is 84.9 Å². The minimum atomic E-state index is -0.582. The van der Waals surface area contributed by atoms with Gasteiger partial charge in [-0.3, -0.25) is 9.59 Å². The molecule has 134 valence electrons. The second kappa shape index (κ2) is 9.30. The number of hydrogen-bond donors (Lipinski definition) is 1. The third kappa shape index (κ3) is 5.51. The molecule has 1 N–H and O–H groups in total. The van der Waals surface area contributed by atoms with Gasteiger partial charge in [0.05, 0.1) is 0 Å². The molecule has 3 aromatic rings. The molecule has 0 aliphatic rings. The lowest BCUT2D eigenvalue weighted by atomic mass is 10.0. The van der Waals surface area contributed by atoms with Crippen LogP contribution in [0, 0.1) is 0 Å². The minimum Gasteiger partial charge on any atom is -0.349 e. The lowest BCUT2D eigenvalue weighted by molar-refractivity contribution is -0.135. The average molecular weight is 355 g/mol. The van der Waals surface area contributed by atoms with Gasteiger partial charge in [0.2, 0.25) is 5.78 Å². The van der Waals surface area contributed by atoms with E-state index in [0.29, 0.717) is 13.0 Å². The standard InChI is InChI=1S/C24H21NO2/c26-23(24(27)25-17-16-19-8-3-1-4-9-19)15-14-20-10-7-13-22(18-20)21-11-5-2-6-12-21/h1-15,18H,16-17H2,(H,25,27)/b15-14+. The summed E-state index contributed by atoms with van der Waals surface area (Å²) in [7, 11) is 0. The molecule has 0 unspecified atom stereocenters. The van der Waals surface area contributed by atoms with E-state index < -0.39 is 11.7 Å². The molecule has 3 heteroatoms. The molecule has 0 spiro atoms. The molecule has 3 rings (SSSR count). The summed E-state index contributed by atoms with van der Waals surface area (Å²) in [4.78, 5) is 23.9. The highest BCUT2D eigenvalue weighted by Crippen LogP contribution is 2.20. The van der Waals surface area contributed by atoms with E-state index in [1.165, 1.54) is 6.08 Å². The van der Waals surface area contributed by atoms with Crippen LogP contribution in [-0.2, 0) is 16.0 Å². The van der Waals surface area contributed by atoms with Gasteiger partial charge in [-0.05, 0) is 40.8 Å². The predicted octanol–water partition coefficient (Wildman–Crippen LogP) is 4.29. The highest BCUT2D eigenvalue weighted by molar-refractivity contribution is 6.41. The van der Waals surface area contributed by atoms with Gasteiger partial charge in [0.25, 0.3) is 5.91 Å². The van der Waals surface area contributed by atoms with Crippen LogP contribution in [0.1, 0.15) is 11.1 Å². The Morgan fingerprint density at radius 3 is 2.19 bits per heavy atom. The van der Waals surface area contributed by atoms with E-state index in [-0.39, 0.29) is 0 Å². The third-order valence-corrected chi connectivity index (χ3v) is 4.19. The van der Waals surface area contributed by atoms with Gasteiger partial charge in [-0.25, -0.2) is 0 Å². The highest BCUT2D eigenvalue weighted by atomic mass is 16.2. The number of rotatable bonds is 7. The summed E-state index contributed by atoms with van der Waals surface area (Å²) in [5, 5.41) is 2.66. The van der Waals surface area contributed by atoms with Gasteiger partial charge in [0.1, 0.15) is 0 Å². The molecule has 3 aromatic carbocycles. The Labute approximate surface area is 159 Å². The predicted molar refractivity (Wildman–Crippen MR) is 109 cm³/mol. The molecule has 0 fully saturated rings. The fourth-order valence-corrected chi connectivity index (χ4v) is 2.75. The van der Waals surface area contributed by atoms with Crippen LogP contribution in [0.3, 0.4) is 0 Å². The van der Waals surface area contributed by atoms with Crippen LogP contribution in [-0.4, -0.2) is 18.2 Å². The maximum Gasteiger partial charge on any atom is 0.291 e. The fraction of sp³-hybridized carbons (Fsp3) is 0.0833. The molecule has 3 nitrogen and oxygen atoms in total. The van der Waals surface area contributed by atoms with Crippen molar-refractivity contribution in [2.45, 2.75) is 6.42 Å². The van der Waals surface area contributed by atoms with Gasteiger partial charge in [0.15, 0.2) is 0 Å². The second-order valence-corrected chi connectivity index (χ2v) is 6.18. The van der Waals surface area contributed by atoms with Crippen molar-refractivity contribution in [3.8, 4) is 11.1 Å². The van der Waals surface area contributed by atoms with Gasteiger partial charge < -0.3 is 5.32 Å². The van der Waals surface area contributed by atoms with Gasteiger partial charge in [-0.1, -0.05) is 84.9 Å². The first-order chi connectivity index (χ1) is 13.2. The summed E-state index contributed by atoms with van der Waals surface area (Å²) in [6, 6.07) is 27.7. The van der Waals surface area contributed by atoms with Crippen LogP contribution < -0.4 is 5.32 Å². The van der Waals surface area contributed by atoms with Crippen molar-refractivity contribution in [1.82, 2.24) is 5.32 Å². The molecule has 0 aliphatic heterocycles. The molecule has 1 amide bonds. The molecule has 0 saturated heterocycles. The van der Waals surface area contributed by atoms with Crippen molar-refractivity contribution in [2.75, 3.05) is 6.54 Å². The Morgan fingerprint density at radius 2 is 1.44 bits per heavy atom. The summed E-state index contributed by atoms with van der Waals surface area (Å²) in [5.74, 6) is -1.13. The van der Waals surface area contributed by atoms with Gasteiger partial charge in [-0.15, -0.1) is 0 Å². The van der Waals surface area contributed by atoms with Crippen LogP contribution in [0.2, 0.25) is 0 Å². The highest BCUT2D eigenvalue weighted by Gasteiger charge is 2.09. The Hall–Kier alpha value is -3.46. The van der Waals surface area contributed by atoms with E-state index in [2.05, 4.69) is 5.32 Å². The number of carbonyl (C=O) groups excluding carboxylic acids is 2. The fourth-order valence-electron chi connectivity index (χ4n) is 2.75. The van der Waals surface area contributed by atoms with Crippen molar-refractivity contribution in [3.05, 3.63) is 102 Å². The van der Waals surface area contributed by atoms with Gasteiger partial charge in [0, 0.05) is 6.54 Å². The lowest BCUT2D eigenvalue weighted by Crippen LogP contribution is -2.31. The number of carbonyl (C=O) groups is 2. The first-order valence-electron chi connectivity index (χ1n) is 8.92. The lowest BCUT2D eigenvalue weighted by Gasteiger charge is -2.04. The first kappa shape index (κ1) is 18.3. The van der Waals surface area contributed by atoms with Crippen molar-refractivity contribution >= 4 is 17.8 Å². The normalized spacial score (nSPS) is 10.7. The third-order valence-electron chi connectivity index (χ3n) is 4.19. The van der Waals surface area contributed by atoms with Gasteiger partial charge >= 0.3 is 0 Å². The zero-order valence-corrected chi connectivity index (χ0v) is 15.0. The zero-order valence-electron chi connectivity index (χ0n) is 15.0. The maximum atomic E-state index is 12.0. The van der Waals surface area contributed by atoms with Crippen LogP contribution >= 0.6 is 0 Å². The van der Waals surface area contributed by atoms with E-state index in [4.69, 9.17) is 0 Å². The van der Waals surface area contributed by atoms with Crippen LogP contribution in [0.5, 0.6) is 0 Å². The molecule has 0 aromatic heterocycles.